The summed E-state index contributed by atoms with van der Waals surface area (Å²) in [4.78, 5) is 7.32. The van der Waals surface area contributed by atoms with Crippen LogP contribution in [-0.4, -0.2) is 20.7 Å². The molecule has 1 aromatic carbocycles. The number of hydrogen-bond acceptors (Lipinski definition) is 4. The summed E-state index contributed by atoms with van der Waals surface area (Å²) < 4.78 is 1.96. The van der Waals surface area contributed by atoms with E-state index in [-0.39, 0.29) is 6.04 Å². The minimum atomic E-state index is 0.142. The molecule has 27 heavy (non-hydrogen) atoms. The zero-order valence-corrected chi connectivity index (χ0v) is 17.0. The smallest absolute Gasteiger partial charge is 0.192 e. The Labute approximate surface area is 164 Å². The maximum absolute atomic E-state index is 4.73. The van der Waals surface area contributed by atoms with Gasteiger partial charge in [0.15, 0.2) is 11.8 Å². The van der Waals surface area contributed by atoms with Crippen molar-refractivity contribution in [3.63, 3.8) is 0 Å². The molecule has 0 spiro atoms. The summed E-state index contributed by atoms with van der Waals surface area (Å²) in [5.41, 5.74) is 1.22. The monoisotopic (exact) mass is 382 g/mol. The number of nitrogens with zero attached hydrogens (tertiary/aromatic N) is 4. The second-order valence-corrected chi connectivity index (χ2v) is 7.90. The van der Waals surface area contributed by atoms with Gasteiger partial charge in [0.05, 0.1) is 12.6 Å². The van der Waals surface area contributed by atoms with Crippen LogP contribution in [0.4, 0.5) is 0 Å². The standard InChI is InChI=1S/C20H26N6S/c1-14-10-11-18(27-14)12-21-20(22-13-19-25-24-16(3)26(19)4)23-15(2)17-8-6-5-7-9-17/h5-11,15H,12-13H2,1-4H3,(H2,21,22,23). The Kier molecular flexibility index (Phi) is 6.24. The number of aryl methyl sites for hydroxylation is 2. The van der Waals surface area contributed by atoms with Crippen molar-refractivity contribution in [3.8, 4) is 0 Å². The summed E-state index contributed by atoms with van der Waals surface area (Å²) in [6.07, 6.45) is 0. The molecule has 0 amide bonds. The van der Waals surface area contributed by atoms with Gasteiger partial charge >= 0.3 is 0 Å². The molecular formula is C20H26N6S. The van der Waals surface area contributed by atoms with E-state index in [9.17, 15) is 0 Å². The van der Waals surface area contributed by atoms with Crippen molar-refractivity contribution in [2.75, 3.05) is 0 Å². The lowest BCUT2D eigenvalue weighted by Crippen LogP contribution is -2.38. The van der Waals surface area contributed by atoms with Gasteiger partial charge < -0.3 is 15.2 Å². The number of aromatic nitrogens is 3. The lowest BCUT2D eigenvalue weighted by Gasteiger charge is -2.18. The average molecular weight is 383 g/mol. The van der Waals surface area contributed by atoms with E-state index >= 15 is 0 Å². The second-order valence-electron chi connectivity index (χ2n) is 6.53. The van der Waals surface area contributed by atoms with Gasteiger partial charge in [-0.15, -0.1) is 21.5 Å². The number of thiophene rings is 1. The largest absolute Gasteiger partial charge is 0.351 e. The van der Waals surface area contributed by atoms with Crippen LogP contribution in [0.25, 0.3) is 0 Å². The van der Waals surface area contributed by atoms with Crippen molar-refractivity contribution >= 4 is 17.3 Å². The van der Waals surface area contributed by atoms with E-state index in [1.807, 2.05) is 24.6 Å². The second kappa shape index (κ2) is 8.81. The number of rotatable bonds is 6. The summed E-state index contributed by atoms with van der Waals surface area (Å²) in [6.45, 7) is 7.40. The van der Waals surface area contributed by atoms with Crippen molar-refractivity contribution < 1.29 is 0 Å². The van der Waals surface area contributed by atoms with Crippen molar-refractivity contribution in [2.24, 2.45) is 12.0 Å². The van der Waals surface area contributed by atoms with Gasteiger partial charge in [-0.05, 0) is 38.5 Å². The first-order valence-electron chi connectivity index (χ1n) is 9.03. The van der Waals surface area contributed by atoms with Crippen LogP contribution >= 0.6 is 11.3 Å². The fraction of sp³-hybridized carbons (Fsp3) is 0.350. The highest BCUT2D eigenvalue weighted by atomic mass is 32.1. The Morgan fingerprint density at radius 3 is 2.56 bits per heavy atom. The normalized spacial score (nSPS) is 12.8. The van der Waals surface area contributed by atoms with Crippen LogP contribution in [0.1, 0.15) is 39.9 Å². The zero-order valence-electron chi connectivity index (χ0n) is 16.2. The van der Waals surface area contributed by atoms with Crippen LogP contribution in [0, 0.1) is 13.8 Å². The zero-order chi connectivity index (χ0) is 19.2. The van der Waals surface area contributed by atoms with E-state index in [1.54, 1.807) is 11.3 Å². The van der Waals surface area contributed by atoms with Crippen molar-refractivity contribution in [3.05, 3.63) is 69.4 Å². The number of guanidine groups is 1. The Morgan fingerprint density at radius 2 is 1.93 bits per heavy atom. The van der Waals surface area contributed by atoms with E-state index in [0.717, 1.165) is 24.2 Å². The number of aliphatic imine (C=N–C) groups is 1. The minimum Gasteiger partial charge on any atom is -0.351 e. The fourth-order valence-corrected chi connectivity index (χ4v) is 3.50. The maximum Gasteiger partial charge on any atom is 0.192 e. The predicted molar refractivity (Wildman–Crippen MR) is 111 cm³/mol. The molecule has 0 aliphatic carbocycles. The molecule has 6 nitrogen and oxygen atoms in total. The Bertz CT molecular complexity index is 896. The quantitative estimate of drug-likeness (QED) is 0.506. The molecule has 0 fully saturated rings. The van der Waals surface area contributed by atoms with Gasteiger partial charge in [0.25, 0.3) is 0 Å². The van der Waals surface area contributed by atoms with E-state index in [2.05, 4.69) is 71.1 Å². The lowest BCUT2D eigenvalue weighted by molar-refractivity contribution is 0.677. The molecular weight excluding hydrogens is 356 g/mol. The Hall–Kier alpha value is -2.67. The molecule has 1 atom stereocenters. The van der Waals surface area contributed by atoms with E-state index < -0.39 is 0 Å². The summed E-state index contributed by atoms with van der Waals surface area (Å²) in [5.74, 6) is 2.49. The molecule has 1 unspecified atom stereocenters. The van der Waals surface area contributed by atoms with Crippen LogP contribution < -0.4 is 10.6 Å². The third-order valence-electron chi connectivity index (χ3n) is 4.44. The SMILES string of the molecule is Cc1ccc(CNC(=NCc2nnc(C)n2C)NC(C)c2ccccc2)s1. The minimum absolute atomic E-state index is 0.142. The molecule has 7 heteroatoms. The van der Waals surface area contributed by atoms with Gasteiger partial charge in [0.2, 0.25) is 0 Å². The third kappa shape index (κ3) is 5.17. The molecule has 0 aliphatic heterocycles. The number of benzene rings is 1. The van der Waals surface area contributed by atoms with Gasteiger partial charge in [-0.2, -0.15) is 0 Å². The summed E-state index contributed by atoms with van der Waals surface area (Å²) in [5, 5.41) is 15.2. The van der Waals surface area contributed by atoms with Crippen molar-refractivity contribution in [1.82, 2.24) is 25.4 Å². The summed E-state index contributed by atoms with van der Waals surface area (Å²) in [6, 6.07) is 14.8. The molecule has 2 aromatic heterocycles. The molecule has 3 rings (SSSR count). The molecule has 142 valence electrons. The van der Waals surface area contributed by atoms with Crippen LogP contribution in [0.5, 0.6) is 0 Å². The molecule has 0 aliphatic rings. The maximum atomic E-state index is 4.73. The van der Waals surface area contributed by atoms with E-state index in [4.69, 9.17) is 4.99 Å². The highest BCUT2D eigenvalue weighted by molar-refractivity contribution is 7.11. The molecule has 3 aromatic rings. The van der Waals surface area contributed by atoms with Crippen molar-refractivity contribution in [1.29, 1.82) is 0 Å². The molecule has 2 heterocycles. The van der Waals surface area contributed by atoms with Gasteiger partial charge in [-0.3, -0.25) is 0 Å². The lowest BCUT2D eigenvalue weighted by atomic mass is 10.1. The highest BCUT2D eigenvalue weighted by Crippen LogP contribution is 2.15. The first-order valence-corrected chi connectivity index (χ1v) is 9.84. The van der Waals surface area contributed by atoms with E-state index in [1.165, 1.54) is 15.3 Å². The fourth-order valence-electron chi connectivity index (χ4n) is 2.67. The summed E-state index contributed by atoms with van der Waals surface area (Å²) in [7, 11) is 1.96. The molecule has 2 N–H and O–H groups in total. The average Bonchev–Trinajstić information content (AvgIpc) is 3.24. The van der Waals surface area contributed by atoms with Gasteiger partial charge in [-0.1, -0.05) is 30.3 Å². The Morgan fingerprint density at radius 1 is 1.15 bits per heavy atom. The molecule has 0 saturated heterocycles. The third-order valence-corrected chi connectivity index (χ3v) is 5.44. The van der Waals surface area contributed by atoms with E-state index in [0.29, 0.717) is 6.54 Å². The first kappa shape index (κ1) is 19.1. The van der Waals surface area contributed by atoms with Crippen LogP contribution in [0.15, 0.2) is 47.5 Å². The predicted octanol–water partition coefficient (Wildman–Crippen LogP) is 3.49. The first-order chi connectivity index (χ1) is 13.0. The van der Waals surface area contributed by atoms with Crippen LogP contribution in [-0.2, 0) is 20.1 Å². The number of nitrogens with one attached hydrogen (secondary N) is 2. The molecule has 0 radical (unpaired) electrons. The number of hydrogen-bond donors (Lipinski definition) is 2. The van der Waals surface area contributed by atoms with Gasteiger partial charge in [-0.25, -0.2) is 4.99 Å². The highest BCUT2D eigenvalue weighted by Gasteiger charge is 2.10. The van der Waals surface area contributed by atoms with Gasteiger partial charge in [0.1, 0.15) is 12.4 Å². The molecule has 0 bridgehead atoms. The Balaban J connectivity index is 1.72. The summed E-state index contributed by atoms with van der Waals surface area (Å²) >= 11 is 1.79. The van der Waals surface area contributed by atoms with Gasteiger partial charge in [0, 0.05) is 16.8 Å². The molecule has 0 saturated carbocycles. The topological polar surface area (TPSA) is 67.1 Å². The van der Waals surface area contributed by atoms with Crippen LogP contribution in [0.3, 0.4) is 0 Å². The van der Waals surface area contributed by atoms with Crippen molar-refractivity contribution in [2.45, 2.75) is 39.9 Å². The van der Waals surface area contributed by atoms with Crippen LogP contribution in [0.2, 0.25) is 0 Å².